The van der Waals surface area contributed by atoms with Crippen molar-refractivity contribution in [2.45, 2.75) is 64.4 Å². The van der Waals surface area contributed by atoms with Crippen molar-refractivity contribution in [3.8, 4) is 5.75 Å². The van der Waals surface area contributed by atoms with Crippen molar-refractivity contribution in [3.63, 3.8) is 0 Å². The normalized spacial score (nSPS) is 11.9. The zero-order chi connectivity index (χ0) is 29.8. The van der Waals surface area contributed by atoms with E-state index < -0.39 is 28.5 Å². The molecular formula is C32H41N3O5S. The minimum absolute atomic E-state index is 0.0729. The summed E-state index contributed by atoms with van der Waals surface area (Å²) in [5.41, 5.74) is 2.08. The average Bonchev–Trinajstić information content (AvgIpc) is 2.97. The van der Waals surface area contributed by atoms with Gasteiger partial charge in [0.05, 0.1) is 17.2 Å². The van der Waals surface area contributed by atoms with Gasteiger partial charge in [-0.1, -0.05) is 68.3 Å². The number of nitrogens with one attached hydrogen (secondary N) is 1. The first-order valence-corrected chi connectivity index (χ1v) is 15.6. The number of anilines is 1. The Morgan fingerprint density at radius 2 is 1.56 bits per heavy atom. The minimum atomic E-state index is -4.12. The number of carbonyl (C=O) groups is 2. The first kappa shape index (κ1) is 31.7. The van der Waals surface area contributed by atoms with Gasteiger partial charge in [0.1, 0.15) is 18.3 Å². The smallest absolute Gasteiger partial charge is 0.264 e. The molecule has 0 saturated carbocycles. The second-order valence-corrected chi connectivity index (χ2v) is 11.7. The predicted molar refractivity (Wildman–Crippen MR) is 162 cm³/mol. The van der Waals surface area contributed by atoms with Crippen LogP contribution in [0.15, 0.2) is 83.8 Å². The summed E-state index contributed by atoms with van der Waals surface area (Å²) in [5.74, 6) is -0.133. The zero-order valence-electron chi connectivity index (χ0n) is 24.4. The number of aryl methyl sites for hydroxylation is 1. The van der Waals surface area contributed by atoms with E-state index in [-0.39, 0.29) is 17.3 Å². The van der Waals surface area contributed by atoms with E-state index in [9.17, 15) is 18.0 Å². The molecule has 0 aliphatic rings. The number of benzene rings is 3. The molecule has 220 valence electrons. The largest absolute Gasteiger partial charge is 0.494 e. The lowest BCUT2D eigenvalue weighted by Gasteiger charge is -2.33. The lowest BCUT2D eigenvalue weighted by atomic mass is 10.1. The summed E-state index contributed by atoms with van der Waals surface area (Å²) in [6.07, 6.45) is 2.14. The fourth-order valence-electron chi connectivity index (χ4n) is 4.45. The summed E-state index contributed by atoms with van der Waals surface area (Å²) in [5, 5.41) is 2.94. The average molecular weight is 580 g/mol. The minimum Gasteiger partial charge on any atom is -0.494 e. The number of sulfonamides is 1. The van der Waals surface area contributed by atoms with Crippen LogP contribution in [-0.2, 0) is 26.2 Å². The standard InChI is InChI=1S/C32H41N3O5S/c1-5-8-22-33-32(37)30(6-2)34(23-26-12-10-9-11-13-26)31(36)24-35(27-16-18-28(19-17-27)40-7-3)41(38,39)29-20-14-25(4)15-21-29/h9-21,30H,5-8,22-24H2,1-4H3,(H,33,37). The van der Waals surface area contributed by atoms with Crippen molar-refractivity contribution >= 4 is 27.5 Å². The Hall–Kier alpha value is -3.85. The van der Waals surface area contributed by atoms with Crippen LogP contribution in [-0.4, -0.2) is 50.9 Å². The summed E-state index contributed by atoms with van der Waals surface area (Å²) in [6.45, 7) is 8.31. The van der Waals surface area contributed by atoms with Gasteiger partial charge in [0.25, 0.3) is 10.0 Å². The molecule has 8 nitrogen and oxygen atoms in total. The molecule has 0 bridgehead atoms. The number of hydrogen-bond acceptors (Lipinski definition) is 5. The van der Waals surface area contributed by atoms with Gasteiger partial charge in [-0.3, -0.25) is 13.9 Å². The third kappa shape index (κ3) is 8.57. The number of unbranched alkanes of at least 4 members (excludes halogenated alkanes) is 1. The van der Waals surface area contributed by atoms with E-state index in [1.54, 1.807) is 36.4 Å². The third-order valence-corrected chi connectivity index (χ3v) is 8.52. The van der Waals surface area contributed by atoms with Crippen LogP contribution >= 0.6 is 0 Å². The maximum atomic E-state index is 14.1. The number of amides is 2. The maximum Gasteiger partial charge on any atom is 0.264 e. The van der Waals surface area contributed by atoms with E-state index >= 15 is 0 Å². The van der Waals surface area contributed by atoms with Crippen LogP contribution in [0, 0.1) is 6.92 Å². The maximum absolute atomic E-state index is 14.1. The number of ether oxygens (including phenoxy) is 1. The highest BCUT2D eigenvalue weighted by atomic mass is 32.2. The van der Waals surface area contributed by atoms with Gasteiger partial charge < -0.3 is 15.0 Å². The quantitative estimate of drug-likeness (QED) is 0.246. The molecule has 3 rings (SSSR count). The Balaban J connectivity index is 2.02. The summed E-state index contributed by atoms with van der Waals surface area (Å²) < 4.78 is 34.6. The van der Waals surface area contributed by atoms with Crippen molar-refractivity contribution < 1.29 is 22.7 Å². The monoisotopic (exact) mass is 579 g/mol. The molecule has 3 aromatic carbocycles. The lowest BCUT2D eigenvalue weighted by Crippen LogP contribution is -2.52. The second-order valence-electron chi connectivity index (χ2n) is 9.83. The van der Waals surface area contributed by atoms with Gasteiger partial charge in [-0.15, -0.1) is 0 Å². The van der Waals surface area contributed by atoms with Crippen molar-refractivity contribution in [1.82, 2.24) is 10.2 Å². The first-order valence-electron chi connectivity index (χ1n) is 14.1. The highest BCUT2D eigenvalue weighted by Gasteiger charge is 2.33. The molecule has 9 heteroatoms. The van der Waals surface area contributed by atoms with Crippen molar-refractivity contribution in [3.05, 3.63) is 90.0 Å². The number of carbonyl (C=O) groups excluding carboxylic acids is 2. The van der Waals surface area contributed by atoms with Crippen LogP contribution in [0.2, 0.25) is 0 Å². The highest BCUT2D eigenvalue weighted by molar-refractivity contribution is 7.92. The molecule has 1 atom stereocenters. The van der Waals surface area contributed by atoms with Gasteiger partial charge >= 0.3 is 0 Å². The molecule has 0 heterocycles. The molecule has 3 aromatic rings. The summed E-state index contributed by atoms with van der Waals surface area (Å²) in [7, 11) is -4.12. The van der Waals surface area contributed by atoms with E-state index in [1.807, 2.05) is 58.0 Å². The Labute approximate surface area is 244 Å². The fraction of sp³-hybridized carbons (Fsp3) is 0.375. The third-order valence-electron chi connectivity index (χ3n) is 6.73. The van der Waals surface area contributed by atoms with E-state index in [2.05, 4.69) is 5.32 Å². The number of rotatable bonds is 15. The molecular weight excluding hydrogens is 538 g/mol. The van der Waals surface area contributed by atoms with Gasteiger partial charge in [0.2, 0.25) is 11.8 Å². The van der Waals surface area contributed by atoms with Crippen molar-refractivity contribution in [2.75, 3.05) is 24.0 Å². The van der Waals surface area contributed by atoms with E-state index in [4.69, 9.17) is 4.74 Å². The van der Waals surface area contributed by atoms with Crippen LogP contribution in [0.4, 0.5) is 5.69 Å². The number of hydrogen-bond donors (Lipinski definition) is 1. The Bertz CT molecular complexity index is 1360. The van der Waals surface area contributed by atoms with Crippen LogP contribution < -0.4 is 14.4 Å². The molecule has 0 radical (unpaired) electrons. The molecule has 1 unspecified atom stereocenters. The van der Waals surface area contributed by atoms with Gasteiger partial charge in [0, 0.05) is 13.1 Å². The van der Waals surface area contributed by atoms with E-state index in [1.165, 1.54) is 17.0 Å². The second kappa shape index (κ2) is 15.2. The van der Waals surface area contributed by atoms with Crippen LogP contribution in [0.3, 0.4) is 0 Å². The molecule has 0 aliphatic heterocycles. The Kier molecular flexibility index (Phi) is 11.8. The summed E-state index contributed by atoms with van der Waals surface area (Å²) in [4.78, 5) is 28.9. The molecule has 41 heavy (non-hydrogen) atoms. The Morgan fingerprint density at radius 1 is 0.902 bits per heavy atom. The summed E-state index contributed by atoms with van der Waals surface area (Å²) in [6, 6.07) is 21.8. The SMILES string of the molecule is CCCCNC(=O)C(CC)N(Cc1ccccc1)C(=O)CN(c1ccc(OCC)cc1)S(=O)(=O)c1ccc(C)cc1. The van der Waals surface area contributed by atoms with Gasteiger partial charge in [0.15, 0.2) is 0 Å². The first-order chi connectivity index (χ1) is 19.7. The van der Waals surface area contributed by atoms with Gasteiger partial charge in [-0.2, -0.15) is 0 Å². The van der Waals surface area contributed by atoms with Gasteiger partial charge in [-0.25, -0.2) is 8.42 Å². The van der Waals surface area contributed by atoms with E-state index in [0.29, 0.717) is 31.0 Å². The summed E-state index contributed by atoms with van der Waals surface area (Å²) >= 11 is 0. The predicted octanol–water partition coefficient (Wildman–Crippen LogP) is 5.31. The number of nitrogens with zero attached hydrogens (tertiary/aromatic N) is 2. The molecule has 2 amide bonds. The molecule has 0 aromatic heterocycles. The van der Waals surface area contributed by atoms with Crippen molar-refractivity contribution in [2.24, 2.45) is 0 Å². The molecule has 0 fully saturated rings. The Morgan fingerprint density at radius 3 is 2.15 bits per heavy atom. The van der Waals surface area contributed by atoms with Crippen LogP contribution in [0.25, 0.3) is 0 Å². The van der Waals surface area contributed by atoms with Crippen LogP contribution in [0.1, 0.15) is 51.2 Å². The van der Waals surface area contributed by atoms with Gasteiger partial charge in [-0.05, 0) is 68.7 Å². The fourth-order valence-corrected chi connectivity index (χ4v) is 5.86. The molecule has 0 aliphatic carbocycles. The van der Waals surface area contributed by atoms with Crippen molar-refractivity contribution in [1.29, 1.82) is 0 Å². The molecule has 0 spiro atoms. The molecule has 0 saturated heterocycles. The highest BCUT2D eigenvalue weighted by Crippen LogP contribution is 2.27. The zero-order valence-corrected chi connectivity index (χ0v) is 25.2. The van der Waals surface area contributed by atoms with Crippen LogP contribution in [0.5, 0.6) is 5.75 Å². The van der Waals surface area contributed by atoms with E-state index in [0.717, 1.165) is 28.3 Å². The lowest BCUT2D eigenvalue weighted by molar-refractivity contribution is -0.140. The molecule has 1 N–H and O–H groups in total. The topological polar surface area (TPSA) is 96.0 Å².